The Labute approximate surface area is 162 Å². The highest BCUT2D eigenvalue weighted by Crippen LogP contribution is 2.21. The van der Waals surface area contributed by atoms with Crippen LogP contribution < -0.4 is 5.14 Å². The van der Waals surface area contributed by atoms with Crippen molar-refractivity contribution in [2.45, 2.75) is 18.2 Å². The monoisotopic (exact) mass is 403 g/mol. The standard InChI is InChI=1S/C19H18ClN3O3S/c1-12-9-16(10-15-7-8-17(11-22-15)27(21,25)26)23(2)18(12)19(24)13-3-5-14(20)6-4-13/h3-9,11H,10H2,1-2H3,(H2,21,25,26). The molecule has 2 heterocycles. The number of carbonyl (C=O) groups excluding carboxylic acids is 1. The lowest BCUT2D eigenvalue weighted by Crippen LogP contribution is -2.13. The van der Waals surface area contributed by atoms with Gasteiger partial charge in [-0.2, -0.15) is 0 Å². The molecule has 0 saturated carbocycles. The number of ketones is 1. The highest BCUT2D eigenvalue weighted by atomic mass is 35.5. The second kappa shape index (κ2) is 7.26. The first-order valence-electron chi connectivity index (χ1n) is 8.10. The molecule has 0 atom stereocenters. The summed E-state index contributed by atoms with van der Waals surface area (Å²) in [6.07, 6.45) is 1.69. The van der Waals surface area contributed by atoms with Crippen LogP contribution >= 0.6 is 11.6 Å². The average molecular weight is 404 g/mol. The van der Waals surface area contributed by atoms with Crippen molar-refractivity contribution in [3.05, 3.63) is 81.9 Å². The van der Waals surface area contributed by atoms with E-state index < -0.39 is 10.0 Å². The van der Waals surface area contributed by atoms with Crippen LogP contribution in [0.1, 0.15) is 33.0 Å². The molecule has 0 aliphatic carbocycles. The van der Waals surface area contributed by atoms with E-state index >= 15 is 0 Å². The summed E-state index contributed by atoms with van der Waals surface area (Å²) in [5, 5.41) is 5.66. The van der Waals surface area contributed by atoms with E-state index in [9.17, 15) is 13.2 Å². The van der Waals surface area contributed by atoms with Gasteiger partial charge in [0.1, 0.15) is 4.90 Å². The number of nitrogens with two attached hydrogens (primary N) is 1. The Balaban J connectivity index is 1.89. The van der Waals surface area contributed by atoms with Crippen LogP contribution in [0, 0.1) is 6.92 Å². The van der Waals surface area contributed by atoms with Gasteiger partial charge in [-0.25, -0.2) is 13.6 Å². The average Bonchev–Trinajstić information content (AvgIpc) is 2.88. The lowest BCUT2D eigenvalue weighted by atomic mass is 10.1. The summed E-state index contributed by atoms with van der Waals surface area (Å²) in [6, 6.07) is 11.7. The number of hydrogen-bond acceptors (Lipinski definition) is 4. The fraction of sp³-hybridized carbons (Fsp3) is 0.158. The molecule has 1 aromatic carbocycles. The highest BCUT2D eigenvalue weighted by molar-refractivity contribution is 7.89. The Morgan fingerprint density at radius 3 is 2.41 bits per heavy atom. The summed E-state index contributed by atoms with van der Waals surface area (Å²) < 4.78 is 24.5. The quantitative estimate of drug-likeness (QED) is 0.662. The van der Waals surface area contributed by atoms with Crippen molar-refractivity contribution in [2.24, 2.45) is 12.2 Å². The van der Waals surface area contributed by atoms with Crippen molar-refractivity contribution in [1.82, 2.24) is 9.55 Å². The number of halogens is 1. The van der Waals surface area contributed by atoms with Gasteiger partial charge in [0.25, 0.3) is 0 Å². The molecule has 0 saturated heterocycles. The zero-order chi connectivity index (χ0) is 19.8. The number of aryl methyl sites for hydroxylation is 1. The van der Waals surface area contributed by atoms with E-state index in [0.717, 1.165) is 11.3 Å². The Bertz CT molecular complexity index is 1100. The van der Waals surface area contributed by atoms with Crippen LogP contribution in [0.3, 0.4) is 0 Å². The number of benzene rings is 1. The minimum Gasteiger partial charge on any atom is -0.344 e. The number of hydrogen-bond donors (Lipinski definition) is 1. The summed E-state index contributed by atoms with van der Waals surface area (Å²) in [7, 11) is -1.95. The summed E-state index contributed by atoms with van der Waals surface area (Å²) in [5.41, 5.74) is 3.57. The largest absolute Gasteiger partial charge is 0.344 e. The normalized spacial score (nSPS) is 11.6. The van der Waals surface area contributed by atoms with Gasteiger partial charge in [-0.15, -0.1) is 0 Å². The van der Waals surface area contributed by atoms with Crippen molar-refractivity contribution >= 4 is 27.4 Å². The molecule has 3 aromatic rings. The molecule has 8 heteroatoms. The Hall–Kier alpha value is -2.48. The zero-order valence-corrected chi connectivity index (χ0v) is 16.4. The fourth-order valence-corrected chi connectivity index (χ4v) is 3.51. The predicted molar refractivity (Wildman–Crippen MR) is 103 cm³/mol. The van der Waals surface area contributed by atoms with Gasteiger partial charge in [-0.05, 0) is 55.0 Å². The minimum absolute atomic E-state index is 0.0343. The van der Waals surface area contributed by atoms with E-state index in [1.54, 1.807) is 30.3 Å². The van der Waals surface area contributed by atoms with Crippen molar-refractivity contribution in [2.75, 3.05) is 0 Å². The summed E-state index contributed by atoms with van der Waals surface area (Å²) >= 11 is 5.89. The van der Waals surface area contributed by atoms with Gasteiger partial charge in [0.2, 0.25) is 15.8 Å². The third-order valence-corrected chi connectivity index (χ3v) is 5.48. The van der Waals surface area contributed by atoms with Gasteiger partial charge in [0, 0.05) is 41.6 Å². The van der Waals surface area contributed by atoms with Gasteiger partial charge >= 0.3 is 0 Å². The van der Waals surface area contributed by atoms with E-state index in [1.165, 1.54) is 12.3 Å². The van der Waals surface area contributed by atoms with Crippen molar-refractivity contribution < 1.29 is 13.2 Å². The molecule has 0 aliphatic rings. The molecule has 0 radical (unpaired) electrons. The van der Waals surface area contributed by atoms with Crippen LogP contribution in [-0.4, -0.2) is 23.8 Å². The van der Waals surface area contributed by atoms with Gasteiger partial charge in [-0.3, -0.25) is 9.78 Å². The minimum atomic E-state index is -3.77. The highest BCUT2D eigenvalue weighted by Gasteiger charge is 2.19. The summed E-state index contributed by atoms with van der Waals surface area (Å²) in [6.45, 7) is 1.88. The van der Waals surface area contributed by atoms with Crippen molar-refractivity contribution in [3.8, 4) is 0 Å². The van der Waals surface area contributed by atoms with Gasteiger partial charge in [0.05, 0.1) is 5.69 Å². The van der Waals surface area contributed by atoms with E-state index in [0.29, 0.717) is 28.4 Å². The fourth-order valence-electron chi connectivity index (χ4n) is 2.93. The number of rotatable bonds is 5. The van der Waals surface area contributed by atoms with Crippen LogP contribution in [0.15, 0.2) is 53.6 Å². The third-order valence-electron chi connectivity index (χ3n) is 4.33. The number of pyridine rings is 1. The summed E-state index contributed by atoms with van der Waals surface area (Å²) in [5.74, 6) is -0.0875. The number of nitrogens with zero attached hydrogens (tertiary/aromatic N) is 2. The first kappa shape index (κ1) is 19.3. The molecule has 0 unspecified atom stereocenters. The molecule has 0 bridgehead atoms. The molecule has 2 N–H and O–H groups in total. The molecule has 3 rings (SSSR count). The Morgan fingerprint density at radius 2 is 1.85 bits per heavy atom. The SMILES string of the molecule is Cc1cc(Cc2ccc(S(N)(=O)=O)cn2)n(C)c1C(=O)c1ccc(Cl)cc1. The number of carbonyl (C=O) groups is 1. The Morgan fingerprint density at radius 1 is 1.19 bits per heavy atom. The number of aromatic nitrogens is 2. The van der Waals surface area contributed by atoms with Crippen LogP contribution in [0.4, 0.5) is 0 Å². The maximum absolute atomic E-state index is 12.9. The van der Waals surface area contributed by atoms with Crippen molar-refractivity contribution in [1.29, 1.82) is 0 Å². The molecule has 27 heavy (non-hydrogen) atoms. The van der Waals surface area contributed by atoms with Crippen LogP contribution in [-0.2, 0) is 23.5 Å². The maximum atomic E-state index is 12.9. The smallest absolute Gasteiger partial charge is 0.239 e. The summed E-state index contributed by atoms with van der Waals surface area (Å²) in [4.78, 5) is 17.0. The van der Waals surface area contributed by atoms with E-state index in [2.05, 4.69) is 4.98 Å². The molecule has 0 amide bonds. The van der Waals surface area contributed by atoms with Gasteiger partial charge in [-0.1, -0.05) is 11.6 Å². The van der Waals surface area contributed by atoms with Crippen LogP contribution in [0.25, 0.3) is 0 Å². The lowest BCUT2D eigenvalue weighted by molar-refractivity contribution is 0.103. The first-order chi connectivity index (χ1) is 12.7. The second-order valence-corrected chi connectivity index (χ2v) is 8.27. The molecule has 2 aromatic heterocycles. The number of sulfonamides is 1. The first-order valence-corrected chi connectivity index (χ1v) is 10.0. The topological polar surface area (TPSA) is 95.1 Å². The Kier molecular flexibility index (Phi) is 5.19. The molecule has 0 spiro atoms. The third kappa shape index (κ3) is 4.10. The lowest BCUT2D eigenvalue weighted by Gasteiger charge is -2.08. The van der Waals surface area contributed by atoms with Gasteiger partial charge in [0.15, 0.2) is 0 Å². The molecule has 0 aliphatic heterocycles. The maximum Gasteiger partial charge on any atom is 0.239 e. The van der Waals surface area contributed by atoms with Crippen LogP contribution in [0.2, 0.25) is 5.02 Å². The van der Waals surface area contributed by atoms with Crippen molar-refractivity contribution in [3.63, 3.8) is 0 Å². The molecular weight excluding hydrogens is 386 g/mol. The van der Waals surface area contributed by atoms with E-state index in [1.807, 2.05) is 24.6 Å². The number of primary sulfonamides is 1. The van der Waals surface area contributed by atoms with E-state index in [-0.39, 0.29) is 10.7 Å². The second-order valence-electron chi connectivity index (χ2n) is 6.27. The van der Waals surface area contributed by atoms with E-state index in [4.69, 9.17) is 16.7 Å². The zero-order valence-electron chi connectivity index (χ0n) is 14.8. The molecule has 0 fully saturated rings. The molecular formula is C19H18ClN3O3S. The van der Waals surface area contributed by atoms with Gasteiger partial charge < -0.3 is 4.57 Å². The molecule has 6 nitrogen and oxygen atoms in total. The van der Waals surface area contributed by atoms with Crippen LogP contribution in [0.5, 0.6) is 0 Å². The predicted octanol–water partition coefficient (Wildman–Crippen LogP) is 2.85. The molecule has 140 valence electrons.